The number of hydrogen-bond donors (Lipinski definition) is 3. The van der Waals surface area contributed by atoms with Gasteiger partial charge in [0.15, 0.2) is 0 Å². The molecule has 2 aromatic rings. The number of aromatic nitrogens is 1. The highest BCUT2D eigenvalue weighted by Crippen LogP contribution is 2.21. The number of carboxylic acid groups (broad SMARTS) is 1. The van der Waals surface area contributed by atoms with Gasteiger partial charge in [-0.05, 0) is 23.8 Å². The van der Waals surface area contributed by atoms with Crippen LogP contribution in [0.15, 0.2) is 24.4 Å². The number of hydrogen-bond acceptors (Lipinski definition) is 3. The van der Waals surface area contributed by atoms with Crippen LogP contribution in [0.25, 0.3) is 10.9 Å². The zero-order chi connectivity index (χ0) is 13.2. The molecule has 0 aliphatic carbocycles. The monoisotopic (exact) mass is 259 g/mol. The van der Waals surface area contributed by atoms with Crippen LogP contribution in [-0.2, 0) is 6.54 Å². The smallest absolute Gasteiger partial charge is 0.335 e. The fraction of sp³-hybridized carbons (Fsp3) is 0.357. The molecule has 100 valence electrons. The number of fused-ring (bicyclic) bond motifs is 1. The molecule has 3 N–H and O–H groups in total. The molecule has 0 radical (unpaired) electrons. The Morgan fingerprint density at radius 1 is 1.32 bits per heavy atom. The number of carbonyl (C=O) groups is 1. The molecular weight excluding hydrogens is 242 g/mol. The second kappa shape index (κ2) is 5.03. The predicted molar refractivity (Wildman–Crippen MR) is 73.4 cm³/mol. The summed E-state index contributed by atoms with van der Waals surface area (Å²) in [6.45, 7) is 4.97. The number of carboxylic acids is 1. The Balaban J connectivity index is 1.89. The van der Waals surface area contributed by atoms with E-state index >= 15 is 0 Å². The quantitative estimate of drug-likeness (QED) is 0.776. The Morgan fingerprint density at radius 3 is 2.84 bits per heavy atom. The Bertz CT molecular complexity index is 600. The lowest BCUT2D eigenvalue weighted by Gasteiger charge is -2.26. The van der Waals surface area contributed by atoms with Gasteiger partial charge in [-0.3, -0.25) is 4.90 Å². The van der Waals surface area contributed by atoms with Crippen molar-refractivity contribution in [3.63, 3.8) is 0 Å². The molecule has 1 aliphatic heterocycles. The summed E-state index contributed by atoms with van der Waals surface area (Å²) in [7, 11) is 0. The molecule has 1 aromatic carbocycles. The molecule has 1 fully saturated rings. The molecule has 0 unspecified atom stereocenters. The first kappa shape index (κ1) is 12.2. The Labute approximate surface area is 111 Å². The van der Waals surface area contributed by atoms with Gasteiger partial charge in [-0.2, -0.15) is 0 Å². The summed E-state index contributed by atoms with van der Waals surface area (Å²) < 4.78 is 0. The number of benzene rings is 1. The van der Waals surface area contributed by atoms with E-state index in [0.717, 1.165) is 43.6 Å². The van der Waals surface area contributed by atoms with Crippen molar-refractivity contribution in [3.8, 4) is 0 Å². The molecule has 5 nitrogen and oxygen atoms in total. The van der Waals surface area contributed by atoms with Crippen LogP contribution in [0.4, 0.5) is 0 Å². The van der Waals surface area contributed by atoms with Crippen molar-refractivity contribution in [2.45, 2.75) is 6.54 Å². The van der Waals surface area contributed by atoms with E-state index in [0.29, 0.717) is 5.56 Å². The van der Waals surface area contributed by atoms with Gasteiger partial charge < -0.3 is 15.4 Å². The average molecular weight is 259 g/mol. The Kier molecular flexibility index (Phi) is 3.23. The highest BCUT2D eigenvalue weighted by Gasteiger charge is 2.13. The molecule has 1 aromatic heterocycles. The van der Waals surface area contributed by atoms with E-state index in [1.165, 1.54) is 5.56 Å². The SMILES string of the molecule is O=C(O)c1ccc2[nH]cc(CN3CCNCC3)c2c1. The zero-order valence-corrected chi connectivity index (χ0v) is 10.6. The van der Waals surface area contributed by atoms with Gasteiger partial charge >= 0.3 is 5.97 Å². The normalized spacial score (nSPS) is 16.8. The van der Waals surface area contributed by atoms with Crippen LogP contribution in [0, 0.1) is 0 Å². The Morgan fingerprint density at radius 2 is 2.11 bits per heavy atom. The Hall–Kier alpha value is -1.85. The standard InChI is InChI=1S/C14H17N3O2/c18-14(19)10-1-2-13-12(7-10)11(8-16-13)9-17-5-3-15-4-6-17/h1-2,7-8,15-16H,3-6,9H2,(H,18,19). The zero-order valence-electron chi connectivity index (χ0n) is 10.6. The maximum Gasteiger partial charge on any atom is 0.335 e. The maximum absolute atomic E-state index is 11.0. The highest BCUT2D eigenvalue weighted by atomic mass is 16.4. The van der Waals surface area contributed by atoms with Gasteiger partial charge in [0.2, 0.25) is 0 Å². The molecule has 0 bridgehead atoms. The van der Waals surface area contributed by atoms with E-state index in [2.05, 4.69) is 15.2 Å². The van der Waals surface area contributed by atoms with E-state index in [4.69, 9.17) is 5.11 Å². The lowest BCUT2D eigenvalue weighted by Crippen LogP contribution is -2.42. The molecule has 0 saturated carbocycles. The van der Waals surface area contributed by atoms with Gasteiger partial charge in [0.05, 0.1) is 5.56 Å². The minimum Gasteiger partial charge on any atom is -0.478 e. The number of nitrogens with one attached hydrogen (secondary N) is 2. The van der Waals surface area contributed by atoms with E-state index in [1.54, 1.807) is 12.1 Å². The van der Waals surface area contributed by atoms with E-state index < -0.39 is 5.97 Å². The van der Waals surface area contributed by atoms with Crippen molar-refractivity contribution in [3.05, 3.63) is 35.5 Å². The number of nitrogens with zero attached hydrogens (tertiary/aromatic N) is 1. The lowest BCUT2D eigenvalue weighted by atomic mass is 10.1. The molecule has 0 amide bonds. The van der Waals surface area contributed by atoms with Crippen molar-refractivity contribution in [2.24, 2.45) is 0 Å². The first-order chi connectivity index (χ1) is 9.24. The first-order valence-electron chi connectivity index (χ1n) is 6.50. The predicted octanol–water partition coefficient (Wildman–Crippen LogP) is 1.27. The van der Waals surface area contributed by atoms with Crippen molar-refractivity contribution in [2.75, 3.05) is 26.2 Å². The molecule has 1 aliphatic rings. The fourth-order valence-electron chi connectivity index (χ4n) is 2.55. The fourth-order valence-corrected chi connectivity index (χ4v) is 2.55. The summed E-state index contributed by atoms with van der Waals surface area (Å²) >= 11 is 0. The van der Waals surface area contributed by atoms with Crippen molar-refractivity contribution >= 4 is 16.9 Å². The van der Waals surface area contributed by atoms with Crippen molar-refractivity contribution in [1.29, 1.82) is 0 Å². The number of H-pyrrole nitrogens is 1. The first-order valence-corrected chi connectivity index (χ1v) is 6.50. The van der Waals surface area contributed by atoms with E-state index in [9.17, 15) is 4.79 Å². The molecular formula is C14H17N3O2. The van der Waals surface area contributed by atoms with Gasteiger partial charge in [-0.25, -0.2) is 4.79 Å². The molecule has 2 heterocycles. The van der Waals surface area contributed by atoms with Gasteiger partial charge in [-0.1, -0.05) is 0 Å². The minimum absolute atomic E-state index is 0.341. The van der Waals surface area contributed by atoms with Gasteiger partial charge in [-0.15, -0.1) is 0 Å². The second-order valence-corrected chi connectivity index (χ2v) is 4.91. The summed E-state index contributed by atoms with van der Waals surface area (Å²) in [4.78, 5) is 16.6. The summed E-state index contributed by atoms with van der Waals surface area (Å²) in [5, 5.41) is 13.4. The van der Waals surface area contributed by atoms with Crippen molar-refractivity contribution < 1.29 is 9.90 Å². The number of aromatic carboxylic acids is 1. The van der Waals surface area contributed by atoms with Gasteiger partial charge in [0.25, 0.3) is 0 Å². The largest absolute Gasteiger partial charge is 0.478 e. The molecule has 1 saturated heterocycles. The van der Waals surface area contributed by atoms with Crippen LogP contribution in [0.2, 0.25) is 0 Å². The molecule has 0 atom stereocenters. The number of aromatic amines is 1. The molecule has 5 heteroatoms. The van der Waals surface area contributed by atoms with Crippen LogP contribution in [-0.4, -0.2) is 47.1 Å². The topological polar surface area (TPSA) is 68.4 Å². The third-order valence-electron chi connectivity index (χ3n) is 3.62. The lowest BCUT2D eigenvalue weighted by molar-refractivity contribution is 0.0697. The van der Waals surface area contributed by atoms with Crippen LogP contribution < -0.4 is 5.32 Å². The summed E-state index contributed by atoms with van der Waals surface area (Å²) in [5.74, 6) is -0.878. The van der Waals surface area contributed by atoms with Crippen LogP contribution in [0.1, 0.15) is 15.9 Å². The molecule has 19 heavy (non-hydrogen) atoms. The summed E-state index contributed by atoms with van der Waals surface area (Å²) in [5.41, 5.74) is 2.50. The van der Waals surface area contributed by atoms with Crippen LogP contribution in [0.3, 0.4) is 0 Å². The van der Waals surface area contributed by atoms with E-state index in [1.807, 2.05) is 12.3 Å². The highest BCUT2D eigenvalue weighted by molar-refractivity contribution is 5.94. The van der Waals surface area contributed by atoms with Crippen LogP contribution in [0.5, 0.6) is 0 Å². The summed E-state index contributed by atoms with van der Waals surface area (Å²) in [6, 6.07) is 5.22. The van der Waals surface area contributed by atoms with Crippen molar-refractivity contribution in [1.82, 2.24) is 15.2 Å². The number of rotatable bonds is 3. The minimum atomic E-state index is -0.878. The average Bonchev–Trinajstić information content (AvgIpc) is 2.82. The maximum atomic E-state index is 11.0. The molecule has 3 rings (SSSR count). The van der Waals surface area contributed by atoms with E-state index in [-0.39, 0.29) is 0 Å². The third kappa shape index (κ3) is 2.47. The van der Waals surface area contributed by atoms with Gasteiger partial charge in [0, 0.05) is 49.8 Å². The number of piperazine rings is 1. The second-order valence-electron chi connectivity index (χ2n) is 4.91. The van der Waals surface area contributed by atoms with Gasteiger partial charge in [0.1, 0.15) is 0 Å². The summed E-state index contributed by atoms with van der Waals surface area (Å²) in [6.07, 6.45) is 1.98. The van der Waals surface area contributed by atoms with Crippen LogP contribution >= 0.6 is 0 Å². The molecule has 0 spiro atoms. The third-order valence-corrected chi connectivity index (χ3v) is 3.62.